The molecule has 0 amide bonds. The Kier molecular flexibility index (Phi) is 8.53. The molecule has 0 saturated carbocycles. The van der Waals surface area contributed by atoms with Gasteiger partial charge < -0.3 is 9.15 Å². The van der Waals surface area contributed by atoms with Gasteiger partial charge in [0.2, 0.25) is 5.36 Å². The van der Waals surface area contributed by atoms with Crippen molar-refractivity contribution >= 4 is 43.9 Å². The van der Waals surface area contributed by atoms with Crippen LogP contribution < -0.4 is 9.93 Å². The second kappa shape index (κ2) is 11.4. The molecule has 1 atom stereocenters. The summed E-state index contributed by atoms with van der Waals surface area (Å²) in [5, 5.41) is 1.09. The highest BCUT2D eigenvalue weighted by Crippen LogP contribution is 2.45. The maximum atomic E-state index is 12.8. The summed E-state index contributed by atoms with van der Waals surface area (Å²) in [4.78, 5) is 15.2. The van der Waals surface area contributed by atoms with Gasteiger partial charge in [0.25, 0.3) is 0 Å². The van der Waals surface area contributed by atoms with Gasteiger partial charge in [0.15, 0.2) is 0 Å². The smallest absolute Gasteiger partial charge is 0.338 e. The molecule has 3 aliphatic rings. The normalized spacial score (nSPS) is 15.1. The molecule has 1 heterocycles. The molecule has 1 aromatic rings. The molecule has 4 rings (SSSR count). The zero-order valence-electron chi connectivity index (χ0n) is 21.5. The van der Waals surface area contributed by atoms with E-state index < -0.39 is 0 Å². The molecule has 36 heavy (non-hydrogen) atoms. The average Bonchev–Trinajstić information content (AvgIpc) is 2.89. The fourth-order valence-electron chi connectivity index (χ4n) is 5.16. The SMILES string of the molecule is CCN(CC)C1Cc2oc3cc(=[N+](CC)CC)c(Br)cc-3c(-c3ccccc3C(=O)OC)c2C=C1Br. The van der Waals surface area contributed by atoms with E-state index in [0.29, 0.717) is 5.56 Å². The molecule has 0 saturated heterocycles. The molecular weight excluding hydrogens is 584 g/mol. The monoisotopic (exact) mass is 615 g/mol. The van der Waals surface area contributed by atoms with Crippen molar-refractivity contribution in [3.05, 3.63) is 67.6 Å². The number of rotatable bonds is 7. The van der Waals surface area contributed by atoms with E-state index in [1.807, 2.05) is 24.3 Å². The van der Waals surface area contributed by atoms with Crippen LogP contribution in [-0.4, -0.2) is 50.2 Å². The number of benzene rings is 2. The Hall–Kier alpha value is -2.22. The summed E-state index contributed by atoms with van der Waals surface area (Å²) >= 11 is 7.69. The largest absolute Gasteiger partial charge is 0.465 e. The molecule has 1 unspecified atom stereocenters. The maximum absolute atomic E-state index is 12.8. The number of carbonyl (C=O) groups excluding carboxylic acids is 1. The number of nitrogens with zero attached hydrogens (tertiary/aromatic N) is 2. The maximum Gasteiger partial charge on any atom is 0.338 e. The summed E-state index contributed by atoms with van der Waals surface area (Å²) in [6, 6.07) is 12.1. The van der Waals surface area contributed by atoms with E-state index in [1.165, 1.54) is 7.11 Å². The first kappa shape index (κ1) is 26.8. The third-order valence-electron chi connectivity index (χ3n) is 7.06. The predicted molar refractivity (Wildman–Crippen MR) is 153 cm³/mol. The highest BCUT2D eigenvalue weighted by molar-refractivity contribution is 9.12. The van der Waals surface area contributed by atoms with Crippen LogP contribution in [0, 0.1) is 0 Å². The van der Waals surface area contributed by atoms with Crippen LogP contribution >= 0.6 is 31.9 Å². The zero-order valence-corrected chi connectivity index (χ0v) is 24.7. The van der Waals surface area contributed by atoms with Crippen LogP contribution in [0.5, 0.6) is 0 Å². The molecule has 2 aliphatic carbocycles. The Bertz CT molecular complexity index is 1350. The van der Waals surface area contributed by atoms with Crippen molar-refractivity contribution in [2.24, 2.45) is 0 Å². The van der Waals surface area contributed by atoms with Gasteiger partial charge >= 0.3 is 5.97 Å². The van der Waals surface area contributed by atoms with Crippen molar-refractivity contribution < 1.29 is 13.9 Å². The van der Waals surface area contributed by atoms with Crippen molar-refractivity contribution in [1.29, 1.82) is 0 Å². The summed E-state index contributed by atoms with van der Waals surface area (Å²) in [5.41, 5.74) is 4.30. The third kappa shape index (κ3) is 4.85. The number of fused-ring (bicyclic) bond motifs is 2. The van der Waals surface area contributed by atoms with E-state index in [1.54, 1.807) is 0 Å². The summed E-state index contributed by atoms with van der Waals surface area (Å²) in [7, 11) is 1.42. The minimum Gasteiger partial charge on any atom is -0.465 e. The lowest BCUT2D eigenvalue weighted by Crippen LogP contribution is -2.38. The summed E-state index contributed by atoms with van der Waals surface area (Å²) in [5.74, 6) is 1.37. The predicted octanol–water partition coefficient (Wildman–Crippen LogP) is 6.41. The topological polar surface area (TPSA) is 45.7 Å². The lowest BCUT2D eigenvalue weighted by molar-refractivity contribution is 0.0601. The highest BCUT2D eigenvalue weighted by atomic mass is 79.9. The lowest BCUT2D eigenvalue weighted by Gasteiger charge is -2.33. The zero-order chi connectivity index (χ0) is 26.0. The summed E-state index contributed by atoms with van der Waals surface area (Å²) < 4.78 is 16.2. The van der Waals surface area contributed by atoms with Gasteiger partial charge in [-0.3, -0.25) is 4.90 Å². The first-order chi connectivity index (χ1) is 17.4. The van der Waals surface area contributed by atoms with Gasteiger partial charge in [0.1, 0.15) is 24.6 Å². The second-order valence-corrected chi connectivity index (χ2v) is 10.6. The number of likely N-dealkylation sites (N-methyl/N-ethyl adjacent to an activating group) is 1. The molecule has 0 fully saturated rings. The van der Waals surface area contributed by atoms with Crippen molar-refractivity contribution in [3.8, 4) is 22.5 Å². The molecule has 1 aliphatic heterocycles. The van der Waals surface area contributed by atoms with Gasteiger partial charge in [-0.15, -0.1) is 0 Å². The number of methoxy groups -OCH3 is 1. The van der Waals surface area contributed by atoms with Crippen LogP contribution in [0.3, 0.4) is 0 Å². The first-order valence-corrected chi connectivity index (χ1v) is 14.1. The van der Waals surface area contributed by atoms with Crippen LogP contribution in [0.25, 0.3) is 28.5 Å². The van der Waals surface area contributed by atoms with Gasteiger partial charge in [-0.2, -0.15) is 0 Å². The van der Waals surface area contributed by atoms with Crippen LogP contribution in [0.4, 0.5) is 0 Å². The molecule has 0 spiro atoms. The summed E-state index contributed by atoms with van der Waals surface area (Å²) in [6.45, 7) is 12.4. The average molecular weight is 617 g/mol. The molecule has 0 N–H and O–H groups in total. The van der Waals surface area contributed by atoms with E-state index >= 15 is 0 Å². The van der Waals surface area contributed by atoms with Crippen molar-refractivity contribution in [1.82, 2.24) is 9.48 Å². The number of carbonyl (C=O) groups is 1. The van der Waals surface area contributed by atoms with Crippen molar-refractivity contribution in [2.75, 3.05) is 33.3 Å². The van der Waals surface area contributed by atoms with Crippen LogP contribution in [0.2, 0.25) is 0 Å². The molecule has 7 heteroatoms. The molecule has 0 radical (unpaired) electrons. The Morgan fingerprint density at radius 3 is 2.42 bits per heavy atom. The fourth-order valence-corrected chi connectivity index (χ4v) is 6.43. The lowest BCUT2D eigenvalue weighted by atomic mass is 9.86. The molecule has 190 valence electrons. The van der Waals surface area contributed by atoms with E-state index in [0.717, 1.165) is 80.7 Å². The standard InChI is InChI=1S/C29H33Br2N2O3/c1-6-32(7-2)24-16-26-20(14-22(24)30)28(18-12-10-11-13-19(18)29(34)35-5)21-15-23(31)25(17-27(21)36-26)33(8-3)9-4/h10-16,25H,6-9,17H2,1-5H3/q+1. The van der Waals surface area contributed by atoms with E-state index in [-0.39, 0.29) is 12.0 Å². The highest BCUT2D eigenvalue weighted by Gasteiger charge is 2.32. The molecular formula is C29H33Br2N2O3+. The van der Waals surface area contributed by atoms with Gasteiger partial charge in [0, 0.05) is 33.6 Å². The number of halogens is 2. The Morgan fingerprint density at radius 2 is 1.78 bits per heavy atom. The van der Waals surface area contributed by atoms with E-state index in [4.69, 9.17) is 9.15 Å². The Balaban J connectivity index is 2.11. The second-order valence-electron chi connectivity index (χ2n) is 8.79. The molecule has 0 bridgehead atoms. The molecule has 5 nitrogen and oxygen atoms in total. The Labute approximate surface area is 230 Å². The van der Waals surface area contributed by atoms with E-state index in [2.05, 4.69) is 87.2 Å². The molecule has 1 aromatic carbocycles. The molecule has 0 aromatic heterocycles. The van der Waals surface area contributed by atoms with Crippen LogP contribution in [0.1, 0.15) is 49.4 Å². The van der Waals surface area contributed by atoms with E-state index in [9.17, 15) is 4.79 Å². The third-order valence-corrected chi connectivity index (χ3v) is 8.45. The fraction of sp³-hybridized carbons (Fsp3) is 0.379. The first-order valence-electron chi connectivity index (χ1n) is 12.5. The minimum absolute atomic E-state index is 0.204. The van der Waals surface area contributed by atoms with Crippen LogP contribution in [-0.2, 0) is 11.2 Å². The number of esters is 1. The Morgan fingerprint density at radius 1 is 1.08 bits per heavy atom. The number of hydrogen-bond donors (Lipinski definition) is 0. The van der Waals surface area contributed by atoms with Gasteiger partial charge in [-0.05, 0) is 66.6 Å². The van der Waals surface area contributed by atoms with Gasteiger partial charge in [-0.1, -0.05) is 48.0 Å². The van der Waals surface area contributed by atoms with Crippen molar-refractivity contribution in [2.45, 2.75) is 40.2 Å². The van der Waals surface area contributed by atoms with Gasteiger partial charge in [0.05, 0.1) is 23.2 Å². The minimum atomic E-state index is -0.355. The quantitative estimate of drug-likeness (QED) is 0.227. The van der Waals surface area contributed by atoms with Crippen LogP contribution in [0.15, 0.2) is 49.8 Å². The summed E-state index contributed by atoms with van der Waals surface area (Å²) in [6.07, 6.45) is 2.91. The van der Waals surface area contributed by atoms with Gasteiger partial charge in [-0.25, -0.2) is 9.37 Å². The number of ether oxygens (including phenoxy) is 1. The van der Waals surface area contributed by atoms with Crippen molar-refractivity contribution in [3.63, 3.8) is 0 Å². The number of hydrogen-bond acceptors (Lipinski definition) is 4.